The van der Waals surface area contributed by atoms with Crippen molar-refractivity contribution >= 4 is 0 Å². The van der Waals surface area contributed by atoms with Gasteiger partial charge in [-0.15, -0.1) is 0 Å². The predicted molar refractivity (Wildman–Crippen MR) is 69.2 cm³/mol. The smallest absolute Gasteiger partial charge is 0.0614 e. The topological polar surface area (TPSA) is 46.2 Å². The van der Waals surface area contributed by atoms with Crippen molar-refractivity contribution in [3.05, 3.63) is 23.8 Å². The molecular weight excluding hydrogens is 198 g/mol. The van der Waals surface area contributed by atoms with Crippen LogP contribution < -0.4 is 5.73 Å². The Morgan fingerprint density at radius 3 is 2.94 bits per heavy atom. The maximum absolute atomic E-state index is 8.81. The van der Waals surface area contributed by atoms with Crippen molar-refractivity contribution in [2.45, 2.75) is 51.5 Å². The number of hydrogen-bond acceptors (Lipinski definition) is 2. The van der Waals surface area contributed by atoms with Crippen LogP contribution in [0.2, 0.25) is 0 Å². The molecule has 1 aliphatic rings. The van der Waals surface area contributed by atoms with Gasteiger partial charge in [0, 0.05) is 5.54 Å². The molecule has 1 rings (SSSR count). The molecule has 1 fully saturated rings. The van der Waals surface area contributed by atoms with Gasteiger partial charge in [-0.2, -0.15) is 0 Å². The summed E-state index contributed by atoms with van der Waals surface area (Å²) in [5.74, 6) is 0.434. The average molecular weight is 223 g/mol. The van der Waals surface area contributed by atoms with Crippen LogP contribution in [0.4, 0.5) is 0 Å². The zero-order chi connectivity index (χ0) is 12.2. The van der Waals surface area contributed by atoms with Gasteiger partial charge in [0.15, 0.2) is 0 Å². The van der Waals surface area contributed by atoms with Gasteiger partial charge >= 0.3 is 0 Å². The van der Waals surface area contributed by atoms with Gasteiger partial charge in [-0.1, -0.05) is 23.8 Å². The fraction of sp³-hybridized carbons (Fsp3) is 0.714. The minimum absolute atomic E-state index is 0.0885. The lowest BCUT2D eigenvalue weighted by Gasteiger charge is -2.40. The second kappa shape index (κ2) is 5.65. The molecule has 0 aromatic carbocycles. The van der Waals surface area contributed by atoms with E-state index in [9.17, 15) is 0 Å². The van der Waals surface area contributed by atoms with Gasteiger partial charge in [0.2, 0.25) is 0 Å². The third-order valence-electron chi connectivity index (χ3n) is 3.77. The quantitative estimate of drug-likeness (QED) is 0.720. The molecule has 0 radical (unpaired) electrons. The first-order valence-corrected chi connectivity index (χ1v) is 6.20. The highest BCUT2D eigenvalue weighted by molar-refractivity contribution is 5.14. The first-order chi connectivity index (χ1) is 7.47. The molecule has 0 aliphatic heterocycles. The third kappa shape index (κ3) is 3.46. The Hall–Kier alpha value is -0.600. The van der Waals surface area contributed by atoms with Crippen molar-refractivity contribution < 1.29 is 5.11 Å². The van der Waals surface area contributed by atoms with Gasteiger partial charge in [0.1, 0.15) is 0 Å². The highest BCUT2D eigenvalue weighted by Crippen LogP contribution is 2.38. The molecule has 3 N–H and O–H groups in total. The van der Waals surface area contributed by atoms with Crippen molar-refractivity contribution in [3.63, 3.8) is 0 Å². The number of rotatable bonds is 4. The number of aliphatic hydroxyl groups is 1. The zero-order valence-electron chi connectivity index (χ0n) is 10.6. The molecule has 2 atom stereocenters. The van der Waals surface area contributed by atoms with E-state index in [1.165, 1.54) is 17.6 Å². The van der Waals surface area contributed by atoms with Crippen LogP contribution in [0.25, 0.3) is 0 Å². The molecule has 1 saturated carbocycles. The van der Waals surface area contributed by atoms with Gasteiger partial charge in [-0.05, 0) is 51.9 Å². The Morgan fingerprint density at radius 2 is 2.38 bits per heavy atom. The fourth-order valence-electron chi connectivity index (χ4n) is 2.67. The second-order valence-electron chi connectivity index (χ2n) is 5.34. The lowest BCUT2D eigenvalue weighted by atomic mass is 9.70. The SMILES string of the molecule is C=C1CCC[C@@](C)(N)C1CC/C(C)=C/CO. The van der Waals surface area contributed by atoms with Gasteiger partial charge in [-0.3, -0.25) is 0 Å². The van der Waals surface area contributed by atoms with Gasteiger partial charge in [-0.25, -0.2) is 0 Å². The molecule has 2 nitrogen and oxygen atoms in total. The van der Waals surface area contributed by atoms with Crippen molar-refractivity contribution in [2.75, 3.05) is 6.61 Å². The monoisotopic (exact) mass is 223 g/mol. The molecule has 0 aromatic heterocycles. The summed E-state index contributed by atoms with van der Waals surface area (Å²) >= 11 is 0. The third-order valence-corrected chi connectivity index (χ3v) is 3.77. The van der Waals surface area contributed by atoms with E-state index >= 15 is 0 Å². The van der Waals surface area contributed by atoms with E-state index in [1.54, 1.807) is 0 Å². The van der Waals surface area contributed by atoms with E-state index in [0.29, 0.717) is 5.92 Å². The molecule has 0 spiro atoms. The van der Waals surface area contributed by atoms with Crippen molar-refractivity contribution in [1.82, 2.24) is 0 Å². The largest absolute Gasteiger partial charge is 0.392 e. The summed E-state index contributed by atoms with van der Waals surface area (Å²) in [7, 11) is 0. The van der Waals surface area contributed by atoms with Gasteiger partial charge in [0.25, 0.3) is 0 Å². The molecule has 0 bridgehead atoms. The first-order valence-electron chi connectivity index (χ1n) is 6.20. The molecule has 0 aromatic rings. The minimum atomic E-state index is -0.0885. The summed E-state index contributed by atoms with van der Waals surface area (Å²) in [6.45, 7) is 8.51. The lowest BCUT2D eigenvalue weighted by Crippen LogP contribution is -2.47. The summed E-state index contributed by atoms with van der Waals surface area (Å²) in [5.41, 5.74) is 8.81. The molecule has 0 amide bonds. The molecule has 1 unspecified atom stereocenters. The summed E-state index contributed by atoms with van der Waals surface area (Å²) in [6.07, 6.45) is 7.35. The van der Waals surface area contributed by atoms with E-state index in [4.69, 9.17) is 10.8 Å². The number of hydrogen-bond donors (Lipinski definition) is 2. The van der Waals surface area contributed by atoms with Crippen LogP contribution in [-0.4, -0.2) is 17.3 Å². The van der Waals surface area contributed by atoms with Crippen molar-refractivity contribution in [2.24, 2.45) is 11.7 Å². The van der Waals surface area contributed by atoms with Crippen LogP contribution in [0, 0.1) is 5.92 Å². The summed E-state index contributed by atoms with van der Waals surface area (Å²) in [4.78, 5) is 0. The van der Waals surface area contributed by atoms with Gasteiger partial charge in [0.05, 0.1) is 6.61 Å². The zero-order valence-corrected chi connectivity index (χ0v) is 10.6. The Kier molecular flexibility index (Phi) is 4.75. The Labute approximate surface area is 99.2 Å². The highest BCUT2D eigenvalue weighted by Gasteiger charge is 2.34. The molecule has 0 heterocycles. The van der Waals surface area contributed by atoms with Crippen LogP contribution in [-0.2, 0) is 0 Å². The van der Waals surface area contributed by atoms with E-state index < -0.39 is 0 Å². The van der Waals surface area contributed by atoms with Crippen LogP contribution in [0.1, 0.15) is 46.0 Å². The first kappa shape index (κ1) is 13.5. The van der Waals surface area contributed by atoms with Crippen LogP contribution in [0.3, 0.4) is 0 Å². The molecular formula is C14H25NO. The minimum Gasteiger partial charge on any atom is -0.392 e. The molecule has 16 heavy (non-hydrogen) atoms. The molecule has 1 aliphatic carbocycles. The Morgan fingerprint density at radius 1 is 1.69 bits per heavy atom. The fourth-order valence-corrected chi connectivity index (χ4v) is 2.67. The second-order valence-corrected chi connectivity index (χ2v) is 5.34. The number of allylic oxidation sites excluding steroid dienone is 1. The van der Waals surface area contributed by atoms with E-state index in [2.05, 4.69) is 20.4 Å². The van der Waals surface area contributed by atoms with E-state index in [1.807, 2.05) is 6.08 Å². The Balaban J connectivity index is 2.56. The lowest BCUT2D eigenvalue weighted by molar-refractivity contribution is 0.256. The molecule has 2 heteroatoms. The standard InChI is InChI=1S/C14H25NO/c1-11(8-10-16)6-7-13-12(2)5-4-9-14(13,3)15/h8,13,16H,2,4-7,9-10,15H2,1,3H3/b11-8+/t13?,14-/m1/s1. The average Bonchev–Trinajstić information content (AvgIpc) is 2.16. The number of nitrogens with two attached hydrogens (primary N) is 1. The molecule has 92 valence electrons. The van der Waals surface area contributed by atoms with Crippen molar-refractivity contribution in [1.29, 1.82) is 0 Å². The van der Waals surface area contributed by atoms with Crippen LogP contribution >= 0.6 is 0 Å². The molecule has 0 saturated heterocycles. The maximum Gasteiger partial charge on any atom is 0.0614 e. The maximum atomic E-state index is 8.81. The summed E-state index contributed by atoms with van der Waals surface area (Å²) in [5, 5.41) is 8.81. The van der Waals surface area contributed by atoms with Crippen molar-refractivity contribution in [3.8, 4) is 0 Å². The normalized spacial score (nSPS) is 31.9. The predicted octanol–water partition coefficient (Wildman–Crippen LogP) is 2.78. The summed E-state index contributed by atoms with van der Waals surface area (Å²) < 4.78 is 0. The van der Waals surface area contributed by atoms with E-state index in [0.717, 1.165) is 25.7 Å². The van der Waals surface area contributed by atoms with Crippen LogP contribution in [0.15, 0.2) is 23.8 Å². The van der Waals surface area contributed by atoms with Crippen LogP contribution in [0.5, 0.6) is 0 Å². The number of aliphatic hydroxyl groups excluding tert-OH is 1. The summed E-state index contributed by atoms with van der Waals surface area (Å²) in [6, 6.07) is 0. The highest BCUT2D eigenvalue weighted by atomic mass is 16.2. The Bertz CT molecular complexity index is 278. The van der Waals surface area contributed by atoms with Gasteiger partial charge < -0.3 is 10.8 Å². The van der Waals surface area contributed by atoms with E-state index in [-0.39, 0.29) is 12.1 Å².